The SMILES string of the molecule is Cc1ccccc1NC1CC(c2cccc(Cl)c2)C1. The van der Waals surface area contributed by atoms with E-state index in [1.165, 1.54) is 29.7 Å². The molecule has 98 valence electrons. The Morgan fingerprint density at radius 3 is 2.58 bits per heavy atom. The van der Waals surface area contributed by atoms with Crippen LogP contribution in [0.1, 0.15) is 29.9 Å². The van der Waals surface area contributed by atoms with Gasteiger partial charge in [-0.25, -0.2) is 0 Å². The van der Waals surface area contributed by atoms with E-state index >= 15 is 0 Å². The molecule has 2 aromatic rings. The van der Waals surface area contributed by atoms with Crippen molar-refractivity contribution in [1.82, 2.24) is 0 Å². The van der Waals surface area contributed by atoms with Crippen molar-refractivity contribution < 1.29 is 0 Å². The van der Waals surface area contributed by atoms with Gasteiger partial charge in [0.1, 0.15) is 0 Å². The highest BCUT2D eigenvalue weighted by Gasteiger charge is 2.30. The zero-order valence-electron chi connectivity index (χ0n) is 11.1. The van der Waals surface area contributed by atoms with E-state index in [0.29, 0.717) is 12.0 Å². The van der Waals surface area contributed by atoms with Gasteiger partial charge in [-0.2, -0.15) is 0 Å². The molecular formula is C17H18ClN. The van der Waals surface area contributed by atoms with E-state index in [1.54, 1.807) is 0 Å². The second-order valence-electron chi connectivity index (χ2n) is 5.38. The molecule has 0 amide bonds. The second kappa shape index (κ2) is 5.26. The average Bonchev–Trinajstić information content (AvgIpc) is 2.35. The third kappa shape index (κ3) is 2.76. The number of hydrogen-bond donors (Lipinski definition) is 1. The fraction of sp³-hybridized carbons (Fsp3) is 0.294. The highest BCUT2D eigenvalue weighted by molar-refractivity contribution is 6.30. The minimum absolute atomic E-state index is 0.588. The lowest BCUT2D eigenvalue weighted by Crippen LogP contribution is -2.34. The third-order valence-corrected chi connectivity index (χ3v) is 4.20. The number of hydrogen-bond acceptors (Lipinski definition) is 1. The quantitative estimate of drug-likeness (QED) is 0.828. The fourth-order valence-electron chi connectivity index (χ4n) is 2.72. The maximum Gasteiger partial charge on any atom is 0.0408 e. The summed E-state index contributed by atoms with van der Waals surface area (Å²) < 4.78 is 0. The predicted octanol–water partition coefficient (Wildman–Crippen LogP) is 5.01. The van der Waals surface area contributed by atoms with Crippen LogP contribution in [-0.2, 0) is 0 Å². The molecule has 0 saturated heterocycles. The number of anilines is 1. The van der Waals surface area contributed by atoms with Crippen LogP contribution in [0.15, 0.2) is 48.5 Å². The molecule has 0 aliphatic heterocycles. The lowest BCUT2D eigenvalue weighted by atomic mass is 9.76. The maximum atomic E-state index is 6.04. The molecule has 0 heterocycles. The summed E-state index contributed by atoms with van der Waals surface area (Å²) in [5.74, 6) is 0.653. The zero-order chi connectivity index (χ0) is 13.2. The van der Waals surface area contributed by atoms with Gasteiger partial charge in [0.15, 0.2) is 0 Å². The molecule has 1 nitrogen and oxygen atoms in total. The molecule has 0 spiro atoms. The molecule has 0 radical (unpaired) electrons. The van der Waals surface area contributed by atoms with Crippen molar-refractivity contribution in [2.24, 2.45) is 0 Å². The summed E-state index contributed by atoms with van der Waals surface area (Å²) in [6, 6.07) is 17.3. The van der Waals surface area contributed by atoms with Crippen LogP contribution in [0, 0.1) is 6.92 Å². The van der Waals surface area contributed by atoms with Crippen LogP contribution in [0.4, 0.5) is 5.69 Å². The average molecular weight is 272 g/mol. The predicted molar refractivity (Wildman–Crippen MR) is 82.0 cm³/mol. The molecule has 0 aromatic heterocycles. The summed E-state index contributed by atoms with van der Waals surface area (Å²) in [5, 5.41) is 4.47. The van der Waals surface area contributed by atoms with Crippen molar-refractivity contribution in [3.05, 3.63) is 64.7 Å². The Morgan fingerprint density at radius 2 is 1.84 bits per heavy atom. The van der Waals surface area contributed by atoms with Crippen LogP contribution < -0.4 is 5.32 Å². The lowest BCUT2D eigenvalue weighted by Gasteiger charge is -2.37. The first kappa shape index (κ1) is 12.6. The van der Waals surface area contributed by atoms with Gasteiger partial charge < -0.3 is 5.32 Å². The number of aryl methyl sites for hydroxylation is 1. The van der Waals surface area contributed by atoms with E-state index in [1.807, 2.05) is 12.1 Å². The lowest BCUT2D eigenvalue weighted by molar-refractivity contribution is 0.374. The van der Waals surface area contributed by atoms with E-state index in [9.17, 15) is 0 Å². The van der Waals surface area contributed by atoms with Crippen molar-refractivity contribution in [3.63, 3.8) is 0 Å². The first-order chi connectivity index (χ1) is 9.22. The summed E-state index contributed by atoms with van der Waals surface area (Å²) in [6.07, 6.45) is 2.38. The molecule has 0 unspecified atom stereocenters. The van der Waals surface area contributed by atoms with E-state index in [0.717, 1.165) is 5.02 Å². The topological polar surface area (TPSA) is 12.0 Å². The van der Waals surface area contributed by atoms with Crippen molar-refractivity contribution in [1.29, 1.82) is 0 Å². The Labute approximate surface area is 119 Å². The third-order valence-electron chi connectivity index (χ3n) is 3.96. The number of halogens is 1. The van der Waals surface area contributed by atoms with Gasteiger partial charge in [0.05, 0.1) is 0 Å². The number of benzene rings is 2. The molecule has 2 aromatic carbocycles. The van der Waals surface area contributed by atoms with E-state index in [-0.39, 0.29) is 0 Å². The van der Waals surface area contributed by atoms with Crippen LogP contribution in [-0.4, -0.2) is 6.04 Å². The molecule has 3 rings (SSSR count). The van der Waals surface area contributed by atoms with Gasteiger partial charge in [0, 0.05) is 16.8 Å². The fourth-order valence-corrected chi connectivity index (χ4v) is 2.92. The van der Waals surface area contributed by atoms with Crippen molar-refractivity contribution >= 4 is 17.3 Å². The van der Waals surface area contributed by atoms with Crippen LogP contribution in [0.5, 0.6) is 0 Å². The van der Waals surface area contributed by atoms with E-state index in [4.69, 9.17) is 11.6 Å². The molecule has 1 aliphatic rings. The minimum Gasteiger partial charge on any atom is -0.382 e. The monoisotopic (exact) mass is 271 g/mol. The number of nitrogens with one attached hydrogen (secondary N) is 1. The van der Waals surface area contributed by atoms with Gasteiger partial charge in [-0.15, -0.1) is 0 Å². The number of rotatable bonds is 3. The van der Waals surface area contributed by atoms with Crippen LogP contribution >= 0.6 is 11.6 Å². The molecule has 0 atom stereocenters. The normalized spacial score (nSPS) is 21.8. The summed E-state index contributed by atoms with van der Waals surface area (Å²) >= 11 is 6.04. The van der Waals surface area contributed by atoms with Gasteiger partial charge in [0.2, 0.25) is 0 Å². The number of para-hydroxylation sites is 1. The Morgan fingerprint density at radius 1 is 1.05 bits per heavy atom. The molecule has 2 heteroatoms. The molecule has 1 fully saturated rings. The summed E-state index contributed by atoms with van der Waals surface area (Å²) in [7, 11) is 0. The highest BCUT2D eigenvalue weighted by Crippen LogP contribution is 2.39. The van der Waals surface area contributed by atoms with Gasteiger partial charge >= 0.3 is 0 Å². The minimum atomic E-state index is 0.588. The first-order valence-electron chi connectivity index (χ1n) is 6.80. The molecule has 19 heavy (non-hydrogen) atoms. The van der Waals surface area contributed by atoms with Gasteiger partial charge in [-0.3, -0.25) is 0 Å². The van der Waals surface area contributed by atoms with Crippen molar-refractivity contribution in [2.45, 2.75) is 31.7 Å². The maximum absolute atomic E-state index is 6.04. The smallest absolute Gasteiger partial charge is 0.0408 e. The summed E-state index contributed by atoms with van der Waals surface area (Å²) in [5.41, 5.74) is 3.95. The molecule has 1 saturated carbocycles. The van der Waals surface area contributed by atoms with Crippen molar-refractivity contribution in [2.75, 3.05) is 5.32 Å². The van der Waals surface area contributed by atoms with Crippen LogP contribution in [0.3, 0.4) is 0 Å². The Kier molecular flexibility index (Phi) is 3.48. The molecular weight excluding hydrogens is 254 g/mol. The Balaban J connectivity index is 1.60. The Hall–Kier alpha value is -1.47. The zero-order valence-corrected chi connectivity index (χ0v) is 11.8. The van der Waals surface area contributed by atoms with Gasteiger partial charge in [-0.05, 0) is 55.0 Å². The van der Waals surface area contributed by atoms with Gasteiger partial charge in [-0.1, -0.05) is 41.9 Å². The largest absolute Gasteiger partial charge is 0.382 e. The van der Waals surface area contributed by atoms with E-state index < -0.39 is 0 Å². The van der Waals surface area contributed by atoms with Crippen LogP contribution in [0.2, 0.25) is 5.02 Å². The molecule has 1 N–H and O–H groups in total. The second-order valence-corrected chi connectivity index (χ2v) is 5.82. The molecule has 1 aliphatic carbocycles. The van der Waals surface area contributed by atoms with Gasteiger partial charge in [0.25, 0.3) is 0 Å². The Bertz CT molecular complexity index is 573. The summed E-state index contributed by atoms with van der Waals surface area (Å²) in [4.78, 5) is 0. The van der Waals surface area contributed by atoms with Crippen molar-refractivity contribution in [3.8, 4) is 0 Å². The van der Waals surface area contributed by atoms with E-state index in [2.05, 4.69) is 48.6 Å². The first-order valence-corrected chi connectivity index (χ1v) is 7.18. The molecule has 0 bridgehead atoms. The highest BCUT2D eigenvalue weighted by atomic mass is 35.5. The standard InChI is InChI=1S/C17H18ClN/c1-12-5-2-3-8-17(12)19-16-10-14(11-16)13-6-4-7-15(18)9-13/h2-9,14,16,19H,10-11H2,1H3. The van der Waals surface area contributed by atoms with Crippen LogP contribution in [0.25, 0.3) is 0 Å². The summed E-state index contributed by atoms with van der Waals surface area (Å²) in [6.45, 7) is 2.15.